The molecular formula is C26H24Br2N2O6S. The van der Waals surface area contributed by atoms with E-state index in [1.54, 1.807) is 52.3 Å². The lowest BCUT2D eigenvalue weighted by Gasteiger charge is -2.26. The van der Waals surface area contributed by atoms with Crippen molar-refractivity contribution in [3.8, 4) is 17.2 Å². The molecule has 0 bridgehead atoms. The Kier molecular flexibility index (Phi) is 8.25. The van der Waals surface area contributed by atoms with Gasteiger partial charge >= 0.3 is 5.97 Å². The Labute approximate surface area is 234 Å². The van der Waals surface area contributed by atoms with Crippen molar-refractivity contribution in [1.82, 2.24) is 4.57 Å². The predicted octanol–water partition coefficient (Wildman–Crippen LogP) is 4.35. The molecule has 0 saturated carbocycles. The first kappa shape index (κ1) is 27.2. The van der Waals surface area contributed by atoms with Gasteiger partial charge in [-0.15, -0.1) is 0 Å². The lowest BCUT2D eigenvalue weighted by atomic mass is 9.95. The predicted molar refractivity (Wildman–Crippen MR) is 148 cm³/mol. The Morgan fingerprint density at radius 3 is 2.41 bits per heavy atom. The zero-order valence-electron chi connectivity index (χ0n) is 20.8. The van der Waals surface area contributed by atoms with Crippen molar-refractivity contribution in [2.75, 3.05) is 27.9 Å². The highest BCUT2D eigenvalue weighted by molar-refractivity contribution is 9.11. The minimum atomic E-state index is -0.798. The summed E-state index contributed by atoms with van der Waals surface area (Å²) in [5, 5.41) is 0. The Morgan fingerprint density at radius 1 is 1.11 bits per heavy atom. The first-order valence-corrected chi connectivity index (χ1v) is 13.6. The number of allylic oxidation sites excluding steroid dienone is 1. The van der Waals surface area contributed by atoms with Crippen molar-refractivity contribution in [2.45, 2.75) is 19.9 Å². The molecule has 2 heterocycles. The maximum Gasteiger partial charge on any atom is 0.338 e. The molecule has 8 nitrogen and oxygen atoms in total. The van der Waals surface area contributed by atoms with E-state index in [0.29, 0.717) is 37.8 Å². The topological polar surface area (TPSA) is 88.4 Å². The number of esters is 1. The molecule has 4 rings (SSSR count). The lowest BCUT2D eigenvalue weighted by molar-refractivity contribution is -0.139. The highest BCUT2D eigenvalue weighted by atomic mass is 79.9. The van der Waals surface area contributed by atoms with E-state index < -0.39 is 12.0 Å². The van der Waals surface area contributed by atoms with E-state index in [1.807, 2.05) is 12.1 Å². The van der Waals surface area contributed by atoms with Gasteiger partial charge in [0.15, 0.2) is 4.80 Å². The molecule has 0 radical (unpaired) electrons. The Morgan fingerprint density at radius 2 is 1.81 bits per heavy atom. The van der Waals surface area contributed by atoms with Crippen molar-refractivity contribution in [2.24, 2.45) is 4.99 Å². The minimum Gasteiger partial charge on any atom is -0.497 e. The van der Waals surface area contributed by atoms with Crippen LogP contribution in [-0.2, 0) is 9.53 Å². The molecule has 11 heteroatoms. The summed E-state index contributed by atoms with van der Waals surface area (Å²) in [6, 6.07) is 8.19. The van der Waals surface area contributed by atoms with E-state index in [1.165, 1.54) is 23.0 Å². The molecule has 1 aliphatic heterocycles. The number of hydrogen-bond donors (Lipinski definition) is 0. The van der Waals surface area contributed by atoms with Gasteiger partial charge in [-0.05, 0) is 81.6 Å². The second-order valence-corrected chi connectivity index (χ2v) is 10.6. The van der Waals surface area contributed by atoms with Crippen LogP contribution in [0.1, 0.15) is 31.0 Å². The standard InChI is InChI=1S/C26H24Br2N2O6S/c1-6-36-25(32)21-13(2)29-26-30(22(21)16-8-7-15(33-3)12-19(16)34-4)24(31)20(37-26)11-14-9-17(27)23(35-5)18(28)10-14/h7-12,22H,6H2,1-5H3/b20-11-/t22-/m1/s1. The van der Waals surface area contributed by atoms with E-state index in [2.05, 4.69) is 36.9 Å². The third kappa shape index (κ3) is 5.12. The average Bonchev–Trinajstić information content (AvgIpc) is 3.16. The Balaban J connectivity index is 1.98. The van der Waals surface area contributed by atoms with Gasteiger partial charge in [0.25, 0.3) is 5.56 Å². The third-order valence-corrected chi connectivity index (χ3v) is 7.94. The fourth-order valence-corrected chi connectivity index (χ4v) is 6.73. The molecule has 194 valence electrons. The molecule has 37 heavy (non-hydrogen) atoms. The maximum atomic E-state index is 13.8. The summed E-state index contributed by atoms with van der Waals surface area (Å²) < 4.78 is 25.2. The van der Waals surface area contributed by atoms with Crippen molar-refractivity contribution in [3.05, 3.63) is 81.4 Å². The third-order valence-electron chi connectivity index (χ3n) is 5.77. The van der Waals surface area contributed by atoms with Crippen LogP contribution >= 0.6 is 43.2 Å². The van der Waals surface area contributed by atoms with Gasteiger partial charge in [0, 0.05) is 11.6 Å². The van der Waals surface area contributed by atoms with Crippen LogP contribution in [0, 0.1) is 0 Å². The molecule has 1 aromatic heterocycles. The largest absolute Gasteiger partial charge is 0.497 e. The zero-order chi connectivity index (χ0) is 26.9. The van der Waals surface area contributed by atoms with Crippen LogP contribution in [0.3, 0.4) is 0 Å². The zero-order valence-corrected chi connectivity index (χ0v) is 24.7. The highest BCUT2D eigenvalue weighted by Crippen LogP contribution is 2.38. The van der Waals surface area contributed by atoms with Gasteiger partial charge in [-0.2, -0.15) is 0 Å². The monoisotopic (exact) mass is 650 g/mol. The number of halogens is 2. The number of ether oxygens (including phenoxy) is 4. The number of fused-ring (bicyclic) bond motifs is 1. The number of nitrogens with zero attached hydrogens (tertiary/aromatic N) is 2. The second kappa shape index (κ2) is 11.2. The van der Waals surface area contributed by atoms with E-state index in [9.17, 15) is 9.59 Å². The van der Waals surface area contributed by atoms with Crippen LogP contribution in [0.15, 0.2) is 60.3 Å². The number of benzene rings is 2. The number of rotatable bonds is 7. The average molecular weight is 652 g/mol. The highest BCUT2D eigenvalue weighted by Gasteiger charge is 2.35. The fourth-order valence-electron chi connectivity index (χ4n) is 4.14. The van der Waals surface area contributed by atoms with Gasteiger partial charge in [-0.25, -0.2) is 9.79 Å². The summed E-state index contributed by atoms with van der Waals surface area (Å²) >= 11 is 8.25. The quantitative estimate of drug-likeness (QED) is 0.353. The Hall–Kier alpha value is -2.89. The van der Waals surface area contributed by atoms with Crippen LogP contribution in [0.25, 0.3) is 6.08 Å². The molecule has 0 unspecified atom stereocenters. The summed E-state index contributed by atoms with van der Waals surface area (Å²) in [4.78, 5) is 32.1. The second-order valence-electron chi connectivity index (χ2n) is 7.93. The van der Waals surface area contributed by atoms with E-state index >= 15 is 0 Å². The number of aromatic nitrogens is 1. The van der Waals surface area contributed by atoms with Crippen LogP contribution in [0.4, 0.5) is 0 Å². The van der Waals surface area contributed by atoms with E-state index in [-0.39, 0.29) is 17.7 Å². The SMILES string of the molecule is CCOC(=O)C1=C(C)N=c2s/c(=C\c3cc(Br)c(OC)c(Br)c3)c(=O)n2[C@@H]1c1ccc(OC)cc1OC. The van der Waals surface area contributed by atoms with Crippen molar-refractivity contribution in [3.63, 3.8) is 0 Å². The Bertz CT molecular complexity index is 1570. The van der Waals surface area contributed by atoms with Gasteiger partial charge in [-0.1, -0.05) is 11.3 Å². The molecule has 0 amide bonds. The fraction of sp³-hybridized carbons (Fsp3) is 0.269. The normalized spacial score (nSPS) is 15.2. The van der Waals surface area contributed by atoms with Crippen molar-refractivity contribution < 1.29 is 23.7 Å². The lowest BCUT2D eigenvalue weighted by Crippen LogP contribution is -2.40. The van der Waals surface area contributed by atoms with Gasteiger partial charge in [-0.3, -0.25) is 9.36 Å². The van der Waals surface area contributed by atoms with Crippen LogP contribution in [-0.4, -0.2) is 38.5 Å². The number of carbonyl (C=O) groups excluding carboxylic acids is 1. The summed E-state index contributed by atoms with van der Waals surface area (Å²) in [5.74, 6) is 1.17. The van der Waals surface area contributed by atoms with E-state index in [0.717, 1.165) is 14.5 Å². The number of carbonyl (C=O) groups is 1. The van der Waals surface area contributed by atoms with Crippen LogP contribution < -0.4 is 29.1 Å². The van der Waals surface area contributed by atoms with Crippen molar-refractivity contribution in [1.29, 1.82) is 0 Å². The van der Waals surface area contributed by atoms with Crippen LogP contribution in [0.2, 0.25) is 0 Å². The summed E-state index contributed by atoms with van der Waals surface area (Å²) in [6.45, 7) is 3.66. The number of thiazole rings is 1. The van der Waals surface area contributed by atoms with Gasteiger partial charge in [0.1, 0.15) is 23.3 Å². The summed E-state index contributed by atoms with van der Waals surface area (Å²) in [7, 11) is 4.67. The van der Waals surface area contributed by atoms with Crippen LogP contribution in [0.5, 0.6) is 17.2 Å². The molecule has 2 aromatic carbocycles. The molecule has 1 aliphatic rings. The van der Waals surface area contributed by atoms with Crippen molar-refractivity contribution >= 4 is 55.2 Å². The van der Waals surface area contributed by atoms with Gasteiger partial charge in [0.2, 0.25) is 0 Å². The molecule has 0 saturated heterocycles. The molecule has 3 aromatic rings. The molecule has 0 spiro atoms. The number of methoxy groups -OCH3 is 3. The molecule has 1 atom stereocenters. The summed E-state index contributed by atoms with van der Waals surface area (Å²) in [6.07, 6.45) is 1.78. The first-order chi connectivity index (χ1) is 17.7. The molecule has 0 N–H and O–H groups in total. The maximum absolute atomic E-state index is 13.8. The molecule has 0 aliphatic carbocycles. The number of hydrogen-bond acceptors (Lipinski definition) is 8. The first-order valence-electron chi connectivity index (χ1n) is 11.2. The minimum absolute atomic E-state index is 0.188. The van der Waals surface area contributed by atoms with E-state index in [4.69, 9.17) is 18.9 Å². The summed E-state index contributed by atoms with van der Waals surface area (Å²) in [5.41, 5.74) is 1.86. The van der Waals surface area contributed by atoms with Gasteiger partial charge < -0.3 is 18.9 Å². The smallest absolute Gasteiger partial charge is 0.338 e. The molecular weight excluding hydrogens is 628 g/mol. The molecule has 0 fully saturated rings. The van der Waals surface area contributed by atoms with Gasteiger partial charge in [0.05, 0.1) is 52.7 Å².